The van der Waals surface area contributed by atoms with Crippen LogP contribution in [0.2, 0.25) is 0 Å². The standard InChI is InChI=1S/C6H11NO2S/c1-5(8)7-6-2-9-4-10-3-6/h6H,2-4H2,1H3,(H,7,8). The van der Waals surface area contributed by atoms with Crippen LogP contribution < -0.4 is 5.32 Å². The number of carbonyl (C=O) groups is 1. The lowest BCUT2D eigenvalue weighted by atomic mass is 10.3. The van der Waals surface area contributed by atoms with Crippen LogP contribution in [0.1, 0.15) is 6.92 Å². The average Bonchev–Trinajstić information content (AvgIpc) is 1.88. The highest BCUT2D eigenvalue weighted by Gasteiger charge is 2.13. The quantitative estimate of drug-likeness (QED) is 0.597. The maximum Gasteiger partial charge on any atom is 0.217 e. The van der Waals surface area contributed by atoms with Gasteiger partial charge in [-0.3, -0.25) is 4.79 Å². The molecule has 0 saturated carbocycles. The van der Waals surface area contributed by atoms with Crippen molar-refractivity contribution in [1.29, 1.82) is 0 Å². The molecular weight excluding hydrogens is 150 g/mol. The number of ether oxygens (including phenoxy) is 1. The second-order valence-electron chi connectivity index (χ2n) is 2.26. The van der Waals surface area contributed by atoms with Crippen molar-refractivity contribution in [2.45, 2.75) is 13.0 Å². The summed E-state index contributed by atoms with van der Waals surface area (Å²) >= 11 is 1.71. The Bertz CT molecular complexity index is 123. The van der Waals surface area contributed by atoms with Crippen molar-refractivity contribution >= 4 is 17.7 Å². The van der Waals surface area contributed by atoms with E-state index in [4.69, 9.17) is 4.74 Å². The minimum absolute atomic E-state index is 0.0242. The fraction of sp³-hybridized carbons (Fsp3) is 0.833. The SMILES string of the molecule is CC(=O)NC1COCSC1. The van der Waals surface area contributed by atoms with Gasteiger partial charge < -0.3 is 10.1 Å². The molecule has 1 atom stereocenters. The lowest BCUT2D eigenvalue weighted by Crippen LogP contribution is -2.40. The Morgan fingerprint density at radius 2 is 2.60 bits per heavy atom. The Balaban J connectivity index is 2.19. The van der Waals surface area contributed by atoms with Crippen molar-refractivity contribution in [3.63, 3.8) is 0 Å². The van der Waals surface area contributed by atoms with Crippen LogP contribution in [0.25, 0.3) is 0 Å². The first-order chi connectivity index (χ1) is 4.79. The first-order valence-electron chi connectivity index (χ1n) is 3.21. The minimum atomic E-state index is 0.0242. The lowest BCUT2D eigenvalue weighted by molar-refractivity contribution is -0.119. The van der Waals surface area contributed by atoms with Crippen LogP contribution in [0, 0.1) is 0 Å². The van der Waals surface area contributed by atoms with Crippen LogP contribution in [0.4, 0.5) is 0 Å². The molecule has 0 aromatic heterocycles. The highest BCUT2D eigenvalue weighted by atomic mass is 32.2. The van der Waals surface area contributed by atoms with Gasteiger partial charge in [0.15, 0.2) is 0 Å². The third-order valence-electron chi connectivity index (χ3n) is 1.21. The summed E-state index contributed by atoms with van der Waals surface area (Å²) in [5.74, 6) is 1.76. The Kier molecular flexibility index (Phi) is 3.02. The number of hydrogen-bond acceptors (Lipinski definition) is 3. The third kappa shape index (κ3) is 2.58. The highest BCUT2D eigenvalue weighted by molar-refractivity contribution is 7.99. The van der Waals surface area contributed by atoms with Gasteiger partial charge in [0, 0.05) is 12.7 Å². The fourth-order valence-electron chi connectivity index (χ4n) is 0.859. The van der Waals surface area contributed by atoms with Gasteiger partial charge in [0.25, 0.3) is 0 Å². The van der Waals surface area contributed by atoms with E-state index in [1.54, 1.807) is 11.8 Å². The molecule has 10 heavy (non-hydrogen) atoms. The van der Waals surface area contributed by atoms with Gasteiger partial charge in [-0.15, -0.1) is 11.8 Å². The van der Waals surface area contributed by atoms with Gasteiger partial charge in [-0.2, -0.15) is 0 Å². The largest absolute Gasteiger partial charge is 0.369 e. The highest BCUT2D eigenvalue weighted by Crippen LogP contribution is 2.09. The van der Waals surface area contributed by atoms with Gasteiger partial charge in [0.05, 0.1) is 18.6 Å². The average molecular weight is 161 g/mol. The van der Waals surface area contributed by atoms with E-state index in [0.717, 1.165) is 11.7 Å². The summed E-state index contributed by atoms with van der Waals surface area (Å²) in [5.41, 5.74) is 0. The molecule has 1 heterocycles. The van der Waals surface area contributed by atoms with Gasteiger partial charge in [-0.05, 0) is 0 Å². The van der Waals surface area contributed by atoms with Gasteiger partial charge >= 0.3 is 0 Å². The van der Waals surface area contributed by atoms with Crippen molar-refractivity contribution < 1.29 is 9.53 Å². The molecule has 0 aromatic rings. The zero-order valence-corrected chi connectivity index (χ0v) is 6.74. The summed E-state index contributed by atoms with van der Waals surface area (Å²) < 4.78 is 5.13. The lowest BCUT2D eigenvalue weighted by Gasteiger charge is -2.21. The molecule has 1 aliphatic rings. The first kappa shape index (κ1) is 7.88. The molecular formula is C6H11NO2S. The second-order valence-corrected chi connectivity index (χ2v) is 3.23. The summed E-state index contributed by atoms with van der Waals surface area (Å²) in [6, 6.07) is 0.219. The van der Waals surface area contributed by atoms with E-state index in [9.17, 15) is 4.79 Å². The molecule has 1 aliphatic heterocycles. The van der Waals surface area contributed by atoms with E-state index in [-0.39, 0.29) is 11.9 Å². The molecule has 3 nitrogen and oxygen atoms in total. The van der Waals surface area contributed by atoms with Crippen LogP contribution >= 0.6 is 11.8 Å². The Morgan fingerprint density at radius 1 is 1.80 bits per heavy atom. The van der Waals surface area contributed by atoms with Crippen LogP contribution in [0.15, 0.2) is 0 Å². The number of nitrogens with one attached hydrogen (secondary N) is 1. The van der Waals surface area contributed by atoms with E-state index >= 15 is 0 Å². The molecule has 1 unspecified atom stereocenters. The van der Waals surface area contributed by atoms with E-state index in [1.807, 2.05) is 0 Å². The predicted octanol–water partition coefficient (Wildman–Crippen LogP) is 0.212. The molecule has 58 valence electrons. The maximum absolute atomic E-state index is 10.5. The molecule has 4 heteroatoms. The number of rotatable bonds is 1. The van der Waals surface area contributed by atoms with E-state index in [2.05, 4.69) is 5.32 Å². The van der Waals surface area contributed by atoms with E-state index < -0.39 is 0 Å². The molecule has 1 N–H and O–H groups in total. The van der Waals surface area contributed by atoms with Gasteiger partial charge in [-0.1, -0.05) is 0 Å². The van der Waals surface area contributed by atoms with Gasteiger partial charge in [0.2, 0.25) is 5.91 Å². The Labute approximate surface area is 64.5 Å². The number of thioether (sulfide) groups is 1. The molecule has 0 spiro atoms. The molecule has 0 aromatic carbocycles. The minimum Gasteiger partial charge on any atom is -0.369 e. The third-order valence-corrected chi connectivity index (χ3v) is 2.18. The number of hydrogen-bond donors (Lipinski definition) is 1. The van der Waals surface area contributed by atoms with Crippen molar-refractivity contribution in [3.05, 3.63) is 0 Å². The smallest absolute Gasteiger partial charge is 0.217 e. The maximum atomic E-state index is 10.5. The zero-order chi connectivity index (χ0) is 7.40. The van der Waals surface area contributed by atoms with Gasteiger partial charge in [0.1, 0.15) is 0 Å². The fourth-order valence-corrected chi connectivity index (χ4v) is 1.63. The topological polar surface area (TPSA) is 38.3 Å². The van der Waals surface area contributed by atoms with Gasteiger partial charge in [-0.25, -0.2) is 0 Å². The predicted molar refractivity (Wildman–Crippen MR) is 40.9 cm³/mol. The molecule has 1 amide bonds. The Hall–Kier alpha value is -0.220. The summed E-state index contributed by atoms with van der Waals surface area (Å²) in [7, 11) is 0. The zero-order valence-electron chi connectivity index (χ0n) is 5.92. The molecule has 1 saturated heterocycles. The molecule has 1 fully saturated rings. The number of amides is 1. The molecule has 1 rings (SSSR count). The van der Waals surface area contributed by atoms with E-state index in [0.29, 0.717) is 6.61 Å². The van der Waals surface area contributed by atoms with Crippen molar-refractivity contribution in [2.75, 3.05) is 18.3 Å². The van der Waals surface area contributed by atoms with Crippen LogP contribution in [0.5, 0.6) is 0 Å². The summed E-state index contributed by atoms with van der Waals surface area (Å²) in [5, 5.41) is 2.80. The van der Waals surface area contributed by atoms with Crippen molar-refractivity contribution in [3.8, 4) is 0 Å². The van der Waals surface area contributed by atoms with Crippen molar-refractivity contribution in [2.24, 2.45) is 0 Å². The molecule has 0 radical (unpaired) electrons. The summed E-state index contributed by atoms with van der Waals surface area (Å²) in [6.07, 6.45) is 0. The summed E-state index contributed by atoms with van der Waals surface area (Å²) in [4.78, 5) is 10.5. The first-order valence-corrected chi connectivity index (χ1v) is 4.37. The number of carbonyl (C=O) groups excluding carboxylic acids is 1. The van der Waals surface area contributed by atoms with Crippen LogP contribution in [-0.2, 0) is 9.53 Å². The van der Waals surface area contributed by atoms with E-state index in [1.165, 1.54) is 6.92 Å². The van der Waals surface area contributed by atoms with Crippen LogP contribution in [-0.4, -0.2) is 30.2 Å². The Morgan fingerprint density at radius 3 is 3.10 bits per heavy atom. The van der Waals surface area contributed by atoms with Crippen molar-refractivity contribution in [1.82, 2.24) is 5.32 Å². The monoisotopic (exact) mass is 161 g/mol. The molecule has 0 aliphatic carbocycles. The summed E-state index contributed by atoms with van der Waals surface area (Å²) in [6.45, 7) is 2.19. The normalized spacial score (nSPS) is 25.9. The second kappa shape index (κ2) is 3.83. The van der Waals surface area contributed by atoms with Crippen LogP contribution in [0.3, 0.4) is 0 Å². The molecule has 0 bridgehead atoms.